The van der Waals surface area contributed by atoms with Gasteiger partial charge in [0.1, 0.15) is 11.7 Å². The van der Waals surface area contributed by atoms with Gasteiger partial charge in [-0.25, -0.2) is 0 Å². The van der Waals surface area contributed by atoms with Crippen LogP contribution >= 0.6 is 0 Å². The van der Waals surface area contributed by atoms with Crippen molar-refractivity contribution in [3.63, 3.8) is 0 Å². The molecule has 0 aromatic rings. The van der Waals surface area contributed by atoms with E-state index in [9.17, 15) is 10.2 Å². The third-order valence-electron chi connectivity index (χ3n) is 5.70. The molecule has 3 aliphatic carbocycles. The van der Waals surface area contributed by atoms with Gasteiger partial charge in [-0.1, -0.05) is 0 Å². The van der Waals surface area contributed by atoms with Crippen LogP contribution < -0.4 is 0 Å². The van der Waals surface area contributed by atoms with Crippen LogP contribution in [0.15, 0.2) is 0 Å². The van der Waals surface area contributed by atoms with E-state index in [2.05, 4.69) is 0 Å². The molecule has 4 aliphatic rings. The van der Waals surface area contributed by atoms with Gasteiger partial charge in [0.25, 0.3) is 0 Å². The van der Waals surface area contributed by atoms with E-state index in [4.69, 9.17) is 9.47 Å². The molecule has 0 radical (unpaired) electrons. The van der Waals surface area contributed by atoms with Crippen LogP contribution in [-0.2, 0) is 9.47 Å². The van der Waals surface area contributed by atoms with Gasteiger partial charge >= 0.3 is 0 Å². The number of fused-ring (bicyclic) bond motifs is 1. The smallest absolute Gasteiger partial charge is 0.114 e. The standard InChI is InChI=1S/C13H20O4/c1-16-11-7-5-6-8(14)3-2-4-13(12(11)17-13)9(6)10(7)15/h6-12,14-15H,2-5H2,1H3/t6-,7-,8+,9+,10-,11+,12+,13-/m0/s1. The first-order chi connectivity index (χ1) is 8.19. The molecule has 0 aromatic carbocycles. The Balaban J connectivity index is 1.77. The molecule has 1 saturated heterocycles. The molecule has 2 N–H and O–H groups in total. The van der Waals surface area contributed by atoms with Crippen molar-refractivity contribution in [3.8, 4) is 0 Å². The summed E-state index contributed by atoms with van der Waals surface area (Å²) in [5.74, 6) is 0.507. The molecule has 3 saturated carbocycles. The second-order valence-electron chi connectivity index (χ2n) is 6.23. The average Bonchev–Trinajstić information content (AvgIpc) is 2.96. The maximum Gasteiger partial charge on any atom is 0.114 e. The van der Waals surface area contributed by atoms with Gasteiger partial charge in [-0.15, -0.1) is 0 Å². The summed E-state index contributed by atoms with van der Waals surface area (Å²) in [4.78, 5) is 0. The third kappa shape index (κ3) is 1.13. The summed E-state index contributed by atoms with van der Waals surface area (Å²) in [6, 6.07) is 0. The summed E-state index contributed by atoms with van der Waals surface area (Å²) in [6.45, 7) is 0. The number of hydrogen-bond acceptors (Lipinski definition) is 4. The molecular weight excluding hydrogens is 220 g/mol. The molecule has 17 heavy (non-hydrogen) atoms. The fourth-order valence-electron chi connectivity index (χ4n) is 5.00. The van der Waals surface area contributed by atoms with Crippen molar-refractivity contribution in [2.45, 2.75) is 55.7 Å². The molecular formula is C13H20O4. The zero-order chi connectivity index (χ0) is 11.8. The molecule has 1 spiro atoms. The van der Waals surface area contributed by atoms with Crippen LogP contribution in [-0.4, -0.2) is 47.3 Å². The van der Waals surface area contributed by atoms with Gasteiger partial charge in [-0.05, 0) is 31.6 Å². The Hall–Kier alpha value is -0.160. The first kappa shape index (κ1) is 10.7. The van der Waals surface area contributed by atoms with Gasteiger partial charge in [-0.3, -0.25) is 0 Å². The lowest BCUT2D eigenvalue weighted by molar-refractivity contribution is -0.0456. The Morgan fingerprint density at radius 1 is 1.29 bits per heavy atom. The van der Waals surface area contributed by atoms with Gasteiger partial charge in [0.15, 0.2) is 0 Å². The number of methoxy groups -OCH3 is 1. The summed E-state index contributed by atoms with van der Waals surface area (Å²) in [5, 5.41) is 20.7. The predicted molar refractivity (Wildman–Crippen MR) is 59.4 cm³/mol. The van der Waals surface area contributed by atoms with E-state index in [0.717, 1.165) is 25.7 Å². The van der Waals surface area contributed by atoms with E-state index in [1.807, 2.05) is 0 Å². The van der Waals surface area contributed by atoms with E-state index in [1.54, 1.807) is 7.11 Å². The molecule has 0 amide bonds. The molecule has 4 rings (SSSR count). The van der Waals surface area contributed by atoms with E-state index in [1.165, 1.54) is 0 Å². The zero-order valence-electron chi connectivity index (χ0n) is 10.1. The zero-order valence-corrected chi connectivity index (χ0v) is 10.1. The number of ether oxygens (including phenoxy) is 2. The quantitative estimate of drug-likeness (QED) is 0.648. The van der Waals surface area contributed by atoms with Crippen molar-refractivity contribution >= 4 is 0 Å². The van der Waals surface area contributed by atoms with Crippen LogP contribution in [0.4, 0.5) is 0 Å². The van der Waals surface area contributed by atoms with Crippen molar-refractivity contribution in [1.82, 2.24) is 0 Å². The number of aliphatic hydroxyl groups excluding tert-OH is 2. The van der Waals surface area contributed by atoms with Crippen LogP contribution in [0, 0.1) is 17.8 Å². The number of rotatable bonds is 1. The van der Waals surface area contributed by atoms with E-state index >= 15 is 0 Å². The lowest BCUT2D eigenvalue weighted by Gasteiger charge is -2.34. The normalized spacial score (nSPS) is 64.1. The highest BCUT2D eigenvalue weighted by atomic mass is 16.6. The maximum absolute atomic E-state index is 10.5. The molecule has 0 aromatic heterocycles. The highest BCUT2D eigenvalue weighted by Crippen LogP contribution is 2.65. The van der Waals surface area contributed by atoms with E-state index in [-0.39, 0.29) is 47.8 Å². The summed E-state index contributed by atoms with van der Waals surface area (Å²) < 4.78 is 11.5. The molecule has 1 aliphatic heterocycles. The molecule has 4 fully saturated rings. The molecule has 96 valence electrons. The van der Waals surface area contributed by atoms with Crippen molar-refractivity contribution in [1.29, 1.82) is 0 Å². The van der Waals surface area contributed by atoms with E-state index < -0.39 is 0 Å². The Morgan fingerprint density at radius 2 is 2.12 bits per heavy atom. The number of epoxide rings is 1. The first-order valence-electron chi connectivity index (χ1n) is 6.76. The summed E-state index contributed by atoms with van der Waals surface area (Å²) >= 11 is 0. The lowest BCUT2D eigenvalue weighted by atomic mass is 9.73. The molecule has 2 bridgehead atoms. The summed E-state index contributed by atoms with van der Waals surface area (Å²) in [5.41, 5.74) is -0.171. The topological polar surface area (TPSA) is 62.2 Å². The predicted octanol–water partition coefficient (Wildman–Crippen LogP) is 0.311. The van der Waals surface area contributed by atoms with Crippen LogP contribution in [0.2, 0.25) is 0 Å². The number of hydrogen-bond donors (Lipinski definition) is 2. The SMILES string of the molecule is CO[C@@H]1[C@H]2C[C@@H]3[C@H]([C@H]2O)[C@]2(CCC[C@H]3O)O[C@H]12. The Bertz CT molecular complexity index is 346. The third-order valence-corrected chi connectivity index (χ3v) is 5.70. The maximum atomic E-state index is 10.5. The summed E-state index contributed by atoms with van der Waals surface area (Å²) in [7, 11) is 1.71. The van der Waals surface area contributed by atoms with Crippen LogP contribution in [0.5, 0.6) is 0 Å². The second kappa shape index (κ2) is 3.23. The second-order valence-corrected chi connectivity index (χ2v) is 6.23. The molecule has 8 atom stereocenters. The van der Waals surface area contributed by atoms with Crippen LogP contribution in [0.25, 0.3) is 0 Å². The minimum atomic E-state index is -0.351. The van der Waals surface area contributed by atoms with Gasteiger partial charge < -0.3 is 19.7 Å². The largest absolute Gasteiger partial charge is 0.393 e. The lowest BCUT2D eigenvalue weighted by Crippen LogP contribution is -2.49. The Kier molecular flexibility index (Phi) is 2.04. The highest BCUT2D eigenvalue weighted by Gasteiger charge is 2.76. The van der Waals surface area contributed by atoms with Crippen LogP contribution in [0.1, 0.15) is 25.7 Å². The average molecular weight is 240 g/mol. The van der Waals surface area contributed by atoms with Gasteiger partial charge in [0.2, 0.25) is 0 Å². The number of aliphatic hydroxyl groups is 2. The molecule has 4 heteroatoms. The highest BCUT2D eigenvalue weighted by molar-refractivity contribution is 5.24. The van der Waals surface area contributed by atoms with E-state index in [0.29, 0.717) is 0 Å². The monoisotopic (exact) mass is 240 g/mol. The van der Waals surface area contributed by atoms with Crippen molar-refractivity contribution in [2.75, 3.05) is 7.11 Å². The van der Waals surface area contributed by atoms with Crippen molar-refractivity contribution in [3.05, 3.63) is 0 Å². The Morgan fingerprint density at radius 3 is 2.88 bits per heavy atom. The van der Waals surface area contributed by atoms with Gasteiger partial charge in [-0.2, -0.15) is 0 Å². The fraction of sp³-hybridized carbons (Fsp3) is 1.00. The van der Waals surface area contributed by atoms with Crippen molar-refractivity contribution in [2.24, 2.45) is 17.8 Å². The fourth-order valence-corrected chi connectivity index (χ4v) is 5.00. The Labute approximate surface area is 101 Å². The minimum Gasteiger partial charge on any atom is -0.393 e. The summed E-state index contributed by atoms with van der Waals surface area (Å²) in [6.07, 6.45) is 3.30. The van der Waals surface area contributed by atoms with Gasteiger partial charge in [0.05, 0.1) is 18.3 Å². The van der Waals surface area contributed by atoms with Crippen LogP contribution in [0.3, 0.4) is 0 Å². The van der Waals surface area contributed by atoms with Crippen molar-refractivity contribution < 1.29 is 19.7 Å². The molecule has 1 heterocycles. The molecule has 4 nitrogen and oxygen atoms in total. The minimum absolute atomic E-state index is 0.0246. The first-order valence-corrected chi connectivity index (χ1v) is 6.76. The molecule has 0 unspecified atom stereocenters. The van der Waals surface area contributed by atoms with Gasteiger partial charge in [0, 0.05) is 18.9 Å².